The van der Waals surface area contributed by atoms with Crippen LogP contribution in [0.25, 0.3) is 0 Å². The van der Waals surface area contributed by atoms with E-state index in [4.69, 9.17) is 9.47 Å². The van der Waals surface area contributed by atoms with E-state index >= 15 is 0 Å². The molecule has 0 saturated heterocycles. The van der Waals surface area contributed by atoms with Gasteiger partial charge in [-0.2, -0.15) is 0 Å². The highest BCUT2D eigenvalue weighted by molar-refractivity contribution is 6.06. The van der Waals surface area contributed by atoms with Crippen LogP contribution >= 0.6 is 0 Å². The highest BCUT2D eigenvalue weighted by Gasteiger charge is 2.13. The molecule has 0 aliphatic carbocycles. The maximum atomic E-state index is 12.7. The summed E-state index contributed by atoms with van der Waals surface area (Å²) in [7, 11) is 1.61. The second-order valence-corrected chi connectivity index (χ2v) is 5.91. The summed E-state index contributed by atoms with van der Waals surface area (Å²) in [5.74, 6) is 1.48. The molecular formula is C21H20N2O3. The first-order valence-electron chi connectivity index (χ1n) is 8.22. The minimum atomic E-state index is -0.196. The van der Waals surface area contributed by atoms with Crippen LogP contribution in [0, 0.1) is 13.8 Å². The smallest absolute Gasteiger partial charge is 0.256 e. The minimum Gasteiger partial charge on any atom is -0.497 e. The van der Waals surface area contributed by atoms with Crippen molar-refractivity contribution in [3.8, 4) is 17.4 Å². The third kappa shape index (κ3) is 4.00. The first-order valence-corrected chi connectivity index (χ1v) is 8.22. The summed E-state index contributed by atoms with van der Waals surface area (Å²) >= 11 is 0. The SMILES string of the molecule is COc1ccc(Oc2ncccc2NC(=O)c2cc(C)ccc2C)cc1. The second-order valence-electron chi connectivity index (χ2n) is 5.91. The summed E-state index contributed by atoms with van der Waals surface area (Å²) in [5.41, 5.74) is 3.08. The standard InChI is InChI=1S/C21H20N2O3/c1-14-6-7-15(2)18(13-14)20(24)23-19-5-4-12-22-21(19)26-17-10-8-16(25-3)9-11-17/h4-13H,1-3H3,(H,23,24). The van der Waals surface area contributed by atoms with Gasteiger partial charge in [0.2, 0.25) is 5.88 Å². The Bertz CT molecular complexity index is 921. The number of hydrogen-bond donors (Lipinski definition) is 1. The molecule has 0 saturated carbocycles. The molecule has 1 heterocycles. The largest absolute Gasteiger partial charge is 0.497 e. The molecule has 0 aliphatic heterocycles. The van der Waals surface area contributed by atoms with Crippen molar-refractivity contribution in [3.63, 3.8) is 0 Å². The monoisotopic (exact) mass is 348 g/mol. The van der Waals surface area contributed by atoms with Crippen molar-refractivity contribution in [2.75, 3.05) is 12.4 Å². The molecule has 2 aromatic carbocycles. The van der Waals surface area contributed by atoms with E-state index in [0.717, 1.165) is 16.9 Å². The highest BCUT2D eigenvalue weighted by Crippen LogP contribution is 2.28. The molecule has 1 amide bonds. The molecule has 1 N–H and O–H groups in total. The topological polar surface area (TPSA) is 60.5 Å². The molecule has 3 aromatic rings. The fraction of sp³-hybridized carbons (Fsp3) is 0.143. The van der Waals surface area contributed by atoms with Gasteiger partial charge in [0.1, 0.15) is 17.2 Å². The summed E-state index contributed by atoms with van der Waals surface area (Å²) in [6.07, 6.45) is 1.62. The number of rotatable bonds is 5. The molecule has 0 bridgehead atoms. The van der Waals surface area contributed by atoms with E-state index in [1.807, 2.05) is 32.0 Å². The Hall–Kier alpha value is -3.34. The molecule has 3 rings (SSSR count). The fourth-order valence-corrected chi connectivity index (χ4v) is 2.49. The lowest BCUT2D eigenvalue weighted by Gasteiger charge is -2.12. The average Bonchev–Trinajstić information content (AvgIpc) is 2.66. The van der Waals surface area contributed by atoms with Crippen molar-refractivity contribution >= 4 is 11.6 Å². The normalized spacial score (nSPS) is 10.3. The molecule has 0 radical (unpaired) electrons. The number of nitrogens with zero attached hydrogens (tertiary/aromatic N) is 1. The van der Waals surface area contributed by atoms with E-state index in [2.05, 4.69) is 10.3 Å². The number of nitrogens with one attached hydrogen (secondary N) is 1. The van der Waals surface area contributed by atoms with Crippen LogP contribution in [0.15, 0.2) is 60.8 Å². The van der Waals surface area contributed by atoms with Crippen LogP contribution in [-0.4, -0.2) is 18.0 Å². The van der Waals surface area contributed by atoms with E-state index < -0.39 is 0 Å². The number of hydrogen-bond acceptors (Lipinski definition) is 4. The first kappa shape index (κ1) is 17.5. The number of methoxy groups -OCH3 is 1. The van der Waals surface area contributed by atoms with Gasteiger partial charge in [0.25, 0.3) is 5.91 Å². The fourth-order valence-electron chi connectivity index (χ4n) is 2.49. The Morgan fingerprint density at radius 2 is 1.73 bits per heavy atom. The summed E-state index contributed by atoms with van der Waals surface area (Å²) in [4.78, 5) is 16.9. The maximum absolute atomic E-state index is 12.7. The molecule has 0 aliphatic rings. The number of amides is 1. The Morgan fingerprint density at radius 1 is 1.00 bits per heavy atom. The van der Waals surface area contributed by atoms with Gasteiger partial charge >= 0.3 is 0 Å². The van der Waals surface area contributed by atoms with Gasteiger partial charge in [-0.1, -0.05) is 17.7 Å². The van der Waals surface area contributed by atoms with Crippen LogP contribution in [-0.2, 0) is 0 Å². The molecule has 0 unspecified atom stereocenters. The van der Waals surface area contributed by atoms with Crippen LogP contribution in [0.5, 0.6) is 17.4 Å². The second kappa shape index (κ2) is 7.70. The van der Waals surface area contributed by atoms with Gasteiger partial charge in [-0.15, -0.1) is 0 Å². The maximum Gasteiger partial charge on any atom is 0.256 e. The van der Waals surface area contributed by atoms with Crippen LogP contribution < -0.4 is 14.8 Å². The van der Waals surface area contributed by atoms with Gasteiger partial charge in [0.15, 0.2) is 0 Å². The lowest BCUT2D eigenvalue weighted by atomic mass is 10.1. The third-order valence-electron chi connectivity index (χ3n) is 3.93. The number of carbonyl (C=O) groups excluding carboxylic acids is 1. The van der Waals surface area contributed by atoms with E-state index in [0.29, 0.717) is 22.9 Å². The molecule has 132 valence electrons. The van der Waals surface area contributed by atoms with Crippen LogP contribution in [0.3, 0.4) is 0 Å². The van der Waals surface area contributed by atoms with Crippen LogP contribution in [0.1, 0.15) is 21.5 Å². The Morgan fingerprint density at radius 3 is 2.46 bits per heavy atom. The summed E-state index contributed by atoms with van der Waals surface area (Å²) in [5, 5.41) is 2.89. The van der Waals surface area contributed by atoms with Crippen molar-refractivity contribution in [1.29, 1.82) is 0 Å². The van der Waals surface area contributed by atoms with E-state index in [-0.39, 0.29) is 5.91 Å². The zero-order chi connectivity index (χ0) is 18.5. The predicted molar refractivity (Wildman–Crippen MR) is 101 cm³/mol. The summed E-state index contributed by atoms with van der Waals surface area (Å²) < 4.78 is 11.0. The lowest BCUT2D eigenvalue weighted by Crippen LogP contribution is -2.14. The van der Waals surface area contributed by atoms with E-state index in [1.54, 1.807) is 49.7 Å². The summed E-state index contributed by atoms with van der Waals surface area (Å²) in [6.45, 7) is 3.87. The van der Waals surface area contributed by atoms with Crippen molar-refractivity contribution in [2.45, 2.75) is 13.8 Å². The molecule has 1 aromatic heterocycles. The van der Waals surface area contributed by atoms with Crippen molar-refractivity contribution < 1.29 is 14.3 Å². The highest BCUT2D eigenvalue weighted by atomic mass is 16.5. The third-order valence-corrected chi connectivity index (χ3v) is 3.93. The van der Waals surface area contributed by atoms with Crippen molar-refractivity contribution in [3.05, 3.63) is 77.5 Å². The van der Waals surface area contributed by atoms with Crippen molar-refractivity contribution in [2.24, 2.45) is 0 Å². The number of pyridine rings is 1. The molecule has 26 heavy (non-hydrogen) atoms. The Kier molecular flexibility index (Phi) is 5.17. The van der Waals surface area contributed by atoms with Gasteiger partial charge in [-0.05, 0) is 61.9 Å². The van der Waals surface area contributed by atoms with Crippen molar-refractivity contribution in [1.82, 2.24) is 4.98 Å². The first-order chi connectivity index (χ1) is 12.6. The van der Waals surface area contributed by atoms with E-state index in [1.165, 1.54) is 0 Å². The Labute approximate surface area is 152 Å². The molecule has 0 atom stereocenters. The van der Waals surface area contributed by atoms with Crippen LogP contribution in [0.2, 0.25) is 0 Å². The van der Waals surface area contributed by atoms with Gasteiger partial charge in [-0.3, -0.25) is 4.79 Å². The number of ether oxygens (including phenoxy) is 2. The van der Waals surface area contributed by atoms with Gasteiger partial charge < -0.3 is 14.8 Å². The average molecular weight is 348 g/mol. The van der Waals surface area contributed by atoms with Crippen LogP contribution in [0.4, 0.5) is 5.69 Å². The number of anilines is 1. The molecular weight excluding hydrogens is 328 g/mol. The number of carbonyl (C=O) groups is 1. The zero-order valence-electron chi connectivity index (χ0n) is 14.9. The quantitative estimate of drug-likeness (QED) is 0.723. The van der Waals surface area contributed by atoms with Gasteiger partial charge in [-0.25, -0.2) is 4.98 Å². The predicted octanol–water partition coefficient (Wildman–Crippen LogP) is 4.75. The number of benzene rings is 2. The summed E-state index contributed by atoms with van der Waals surface area (Å²) in [6, 6.07) is 16.4. The molecule has 0 spiro atoms. The Balaban J connectivity index is 1.82. The zero-order valence-corrected chi connectivity index (χ0v) is 14.9. The number of aryl methyl sites for hydroxylation is 2. The van der Waals surface area contributed by atoms with Gasteiger partial charge in [0.05, 0.1) is 7.11 Å². The molecule has 5 heteroatoms. The molecule has 0 fully saturated rings. The van der Waals surface area contributed by atoms with Gasteiger partial charge in [0, 0.05) is 11.8 Å². The van der Waals surface area contributed by atoms with E-state index in [9.17, 15) is 4.79 Å². The molecule has 5 nitrogen and oxygen atoms in total. The lowest BCUT2D eigenvalue weighted by molar-refractivity contribution is 0.102. The minimum absolute atomic E-state index is 0.196. The number of aromatic nitrogens is 1.